The molecule has 0 aliphatic heterocycles. The van der Waals surface area contributed by atoms with Crippen molar-refractivity contribution < 1.29 is 19.4 Å². The fourth-order valence-corrected chi connectivity index (χ4v) is 1.57. The summed E-state index contributed by atoms with van der Waals surface area (Å²) in [5, 5.41) is 12.1. The first-order valence-electron chi connectivity index (χ1n) is 6.33. The number of ether oxygens (including phenoxy) is 2. The van der Waals surface area contributed by atoms with E-state index < -0.39 is 12.2 Å². The van der Waals surface area contributed by atoms with Crippen molar-refractivity contribution in [2.24, 2.45) is 0 Å². The lowest BCUT2D eigenvalue weighted by Gasteiger charge is -2.18. The Morgan fingerprint density at radius 1 is 1.37 bits per heavy atom. The molecule has 0 saturated heterocycles. The Kier molecular flexibility index (Phi) is 6.92. The summed E-state index contributed by atoms with van der Waals surface area (Å²) in [6, 6.07) is 9.19. The van der Waals surface area contributed by atoms with Crippen LogP contribution in [0.4, 0.5) is 0 Å². The van der Waals surface area contributed by atoms with E-state index in [1.807, 2.05) is 25.1 Å². The molecule has 1 aromatic rings. The largest absolute Gasteiger partial charge is 0.481 e. The lowest BCUT2D eigenvalue weighted by Crippen LogP contribution is -2.42. The average molecular weight is 267 g/mol. The molecule has 0 saturated carbocycles. The smallest absolute Gasteiger partial charge is 0.261 e. The standard InChI is InChI=1S/C14H21NO4/c1-3-13(19-12-7-5-4-6-8-12)14(17)15-9-11(16)10-18-2/h4-8,11,13,16H,3,9-10H2,1-2H3,(H,15,17). The summed E-state index contributed by atoms with van der Waals surface area (Å²) in [6.45, 7) is 2.22. The lowest BCUT2D eigenvalue weighted by atomic mass is 10.2. The number of aliphatic hydroxyl groups excluding tert-OH is 1. The Morgan fingerprint density at radius 2 is 2.05 bits per heavy atom. The molecular formula is C14H21NO4. The number of benzene rings is 1. The first kappa shape index (κ1) is 15.5. The fraction of sp³-hybridized carbons (Fsp3) is 0.500. The molecule has 5 nitrogen and oxygen atoms in total. The monoisotopic (exact) mass is 267 g/mol. The summed E-state index contributed by atoms with van der Waals surface area (Å²) >= 11 is 0. The van der Waals surface area contributed by atoms with Crippen molar-refractivity contribution in [3.8, 4) is 5.75 Å². The van der Waals surface area contributed by atoms with Crippen molar-refractivity contribution in [1.82, 2.24) is 5.32 Å². The third-order valence-corrected chi connectivity index (χ3v) is 2.56. The van der Waals surface area contributed by atoms with Gasteiger partial charge in [0.15, 0.2) is 6.10 Å². The van der Waals surface area contributed by atoms with E-state index in [4.69, 9.17) is 9.47 Å². The van der Waals surface area contributed by atoms with Gasteiger partial charge in [0.05, 0.1) is 12.7 Å². The molecule has 0 spiro atoms. The Hall–Kier alpha value is -1.59. The van der Waals surface area contributed by atoms with Crippen LogP contribution in [0.1, 0.15) is 13.3 Å². The van der Waals surface area contributed by atoms with Crippen molar-refractivity contribution in [3.63, 3.8) is 0 Å². The number of rotatable bonds is 8. The zero-order chi connectivity index (χ0) is 14.1. The van der Waals surface area contributed by atoms with Crippen LogP contribution in [0, 0.1) is 0 Å². The molecule has 5 heteroatoms. The van der Waals surface area contributed by atoms with E-state index in [-0.39, 0.29) is 19.1 Å². The van der Waals surface area contributed by atoms with E-state index >= 15 is 0 Å². The predicted octanol–water partition coefficient (Wildman–Crippen LogP) is 0.967. The highest BCUT2D eigenvalue weighted by Gasteiger charge is 2.18. The molecule has 106 valence electrons. The van der Waals surface area contributed by atoms with Crippen molar-refractivity contribution in [1.29, 1.82) is 0 Å². The summed E-state index contributed by atoms with van der Waals surface area (Å²) in [4.78, 5) is 11.9. The highest BCUT2D eigenvalue weighted by atomic mass is 16.5. The average Bonchev–Trinajstić information content (AvgIpc) is 2.43. The molecule has 0 heterocycles. The van der Waals surface area contributed by atoms with Crippen LogP contribution >= 0.6 is 0 Å². The van der Waals surface area contributed by atoms with Crippen LogP contribution in [0.2, 0.25) is 0 Å². The molecular weight excluding hydrogens is 246 g/mol. The highest BCUT2D eigenvalue weighted by molar-refractivity contribution is 5.81. The molecule has 1 rings (SSSR count). The molecule has 0 aliphatic rings. The van der Waals surface area contributed by atoms with Crippen molar-refractivity contribution in [2.75, 3.05) is 20.3 Å². The van der Waals surface area contributed by atoms with Gasteiger partial charge in [-0.05, 0) is 18.6 Å². The number of methoxy groups -OCH3 is 1. The van der Waals surface area contributed by atoms with Gasteiger partial charge in [0.1, 0.15) is 5.75 Å². The van der Waals surface area contributed by atoms with Gasteiger partial charge in [-0.2, -0.15) is 0 Å². The number of carbonyl (C=O) groups excluding carboxylic acids is 1. The molecule has 1 aromatic carbocycles. The Bertz CT molecular complexity index is 369. The Morgan fingerprint density at radius 3 is 2.63 bits per heavy atom. The fourth-order valence-electron chi connectivity index (χ4n) is 1.57. The minimum absolute atomic E-state index is 0.154. The maximum atomic E-state index is 11.9. The van der Waals surface area contributed by atoms with E-state index in [0.29, 0.717) is 12.2 Å². The molecule has 0 bridgehead atoms. The summed E-state index contributed by atoms with van der Waals surface area (Å²) in [5.41, 5.74) is 0. The second kappa shape index (κ2) is 8.50. The predicted molar refractivity (Wildman–Crippen MR) is 72.0 cm³/mol. The van der Waals surface area contributed by atoms with Gasteiger partial charge in [-0.25, -0.2) is 0 Å². The molecule has 0 aliphatic carbocycles. The molecule has 1 amide bonds. The van der Waals surface area contributed by atoms with Crippen LogP contribution in [0.5, 0.6) is 5.75 Å². The number of hydrogen-bond donors (Lipinski definition) is 2. The van der Waals surface area contributed by atoms with E-state index in [1.54, 1.807) is 12.1 Å². The van der Waals surface area contributed by atoms with E-state index in [9.17, 15) is 9.90 Å². The van der Waals surface area contributed by atoms with Gasteiger partial charge in [-0.15, -0.1) is 0 Å². The second-order valence-corrected chi connectivity index (χ2v) is 4.18. The van der Waals surface area contributed by atoms with Gasteiger partial charge in [-0.3, -0.25) is 4.79 Å². The van der Waals surface area contributed by atoms with Crippen LogP contribution in [0.3, 0.4) is 0 Å². The molecule has 19 heavy (non-hydrogen) atoms. The van der Waals surface area contributed by atoms with Gasteiger partial charge >= 0.3 is 0 Å². The Balaban J connectivity index is 2.44. The molecule has 2 atom stereocenters. The van der Waals surface area contributed by atoms with Gasteiger partial charge in [0.2, 0.25) is 0 Å². The van der Waals surface area contributed by atoms with Gasteiger partial charge in [0, 0.05) is 13.7 Å². The summed E-state index contributed by atoms with van der Waals surface area (Å²) in [5.74, 6) is 0.420. The van der Waals surface area contributed by atoms with Crippen molar-refractivity contribution in [2.45, 2.75) is 25.6 Å². The summed E-state index contributed by atoms with van der Waals surface area (Å²) < 4.78 is 10.4. The second-order valence-electron chi connectivity index (χ2n) is 4.18. The first-order chi connectivity index (χ1) is 9.17. The maximum Gasteiger partial charge on any atom is 0.261 e. The number of carbonyl (C=O) groups is 1. The van der Waals surface area contributed by atoms with Gasteiger partial charge in [0.25, 0.3) is 5.91 Å². The quantitative estimate of drug-likeness (QED) is 0.736. The maximum absolute atomic E-state index is 11.9. The molecule has 2 unspecified atom stereocenters. The normalized spacial score (nSPS) is 13.6. The van der Waals surface area contributed by atoms with Crippen LogP contribution in [-0.2, 0) is 9.53 Å². The van der Waals surface area contributed by atoms with Crippen LogP contribution in [0.15, 0.2) is 30.3 Å². The highest BCUT2D eigenvalue weighted by Crippen LogP contribution is 2.12. The van der Waals surface area contributed by atoms with Crippen molar-refractivity contribution in [3.05, 3.63) is 30.3 Å². The zero-order valence-electron chi connectivity index (χ0n) is 11.3. The van der Waals surface area contributed by atoms with Crippen LogP contribution in [0.25, 0.3) is 0 Å². The number of aliphatic hydroxyl groups is 1. The van der Waals surface area contributed by atoms with Gasteiger partial charge in [-0.1, -0.05) is 25.1 Å². The van der Waals surface area contributed by atoms with Crippen LogP contribution in [-0.4, -0.2) is 43.5 Å². The Labute approximate surface area is 113 Å². The number of para-hydroxylation sites is 1. The number of nitrogens with one attached hydrogen (secondary N) is 1. The third-order valence-electron chi connectivity index (χ3n) is 2.56. The first-order valence-corrected chi connectivity index (χ1v) is 6.33. The molecule has 0 radical (unpaired) electrons. The third kappa shape index (κ3) is 5.72. The summed E-state index contributed by atoms with van der Waals surface area (Å²) in [7, 11) is 1.50. The van der Waals surface area contributed by atoms with E-state index in [0.717, 1.165) is 0 Å². The van der Waals surface area contributed by atoms with Crippen LogP contribution < -0.4 is 10.1 Å². The topological polar surface area (TPSA) is 67.8 Å². The number of hydrogen-bond acceptors (Lipinski definition) is 4. The molecule has 0 aromatic heterocycles. The zero-order valence-corrected chi connectivity index (χ0v) is 11.3. The molecule has 2 N–H and O–H groups in total. The van der Waals surface area contributed by atoms with E-state index in [2.05, 4.69) is 5.32 Å². The van der Waals surface area contributed by atoms with E-state index in [1.165, 1.54) is 7.11 Å². The minimum Gasteiger partial charge on any atom is -0.481 e. The summed E-state index contributed by atoms with van der Waals surface area (Å²) in [6.07, 6.45) is -0.707. The SMILES string of the molecule is CCC(Oc1ccccc1)C(=O)NCC(O)COC. The number of amides is 1. The molecule has 0 fully saturated rings. The minimum atomic E-state index is -0.705. The lowest BCUT2D eigenvalue weighted by molar-refractivity contribution is -0.128. The van der Waals surface area contributed by atoms with Crippen molar-refractivity contribution >= 4 is 5.91 Å². The van der Waals surface area contributed by atoms with Gasteiger partial charge < -0.3 is 19.9 Å².